The molecule has 0 spiro atoms. The van der Waals surface area contributed by atoms with Crippen molar-refractivity contribution in [3.8, 4) is 0 Å². The Kier molecular flexibility index (Phi) is 5.23. The number of hydrogen-bond donors (Lipinski definition) is 2. The molecule has 2 aromatic rings. The van der Waals surface area contributed by atoms with Gasteiger partial charge in [0.05, 0.1) is 17.5 Å². The predicted octanol–water partition coefficient (Wildman–Crippen LogP) is 2.74. The van der Waals surface area contributed by atoms with Crippen LogP contribution in [-0.2, 0) is 16.6 Å². The van der Waals surface area contributed by atoms with Crippen LogP contribution >= 0.6 is 0 Å². The molecule has 0 saturated heterocycles. The van der Waals surface area contributed by atoms with Crippen LogP contribution in [0.5, 0.6) is 0 Å². The van der Waals surface area contributed by atoms with E-state index in [0.717, 1.165) is 17.4 Å². The van der Waals surface area contributed by atoms with E-state index >= 15 is 0 Å². The molecule has 2 rings (SSSR count). The first kappa shape index (κ1) is 17.9. The molecule has 0 heterocycles. The summed E-state index contributed by atoms with van der Waals surface area (Å²) < 4.78 is 38.5. The van der Waals surface area contributed by atoms with E-state index in [-0.39, 0.29) is 23.6 Å². The van der Waals surface area contributed by atoms with Crippen LogP contribution in [0.15, 0.2) is 36.4 Å². The molecule has 0 bridgehead atoms. The zero-order valence-corrected chi connectivity index (χ0v) is 14.5. The molecule has 0 radical (unpaired) electrons. The van der Waals surface area contributed by atoms with Crippen molar-refractivity contribution >= 4 is 21.6 Å². The number of sulfonamides is 1. The van der Waals surface area contributed by atoms with Gasteiger partial charge in [0, 0.05) is 6.54 Å². The molecule has 5 nitrogen and oxygen atoms in total. The van der Waals surface area contributed by atoms with Gasteiger partial charge in [-0.15, -0.1) is 0 Å². The lowest BCUT2D eigenvalue weighted by Crippen LogP contribution is -2.25. The molecule has 0 saturated carbocycles. The van der Waals surface area contributed by atoms with Crippen LogP contribution in [0.1, 0.15) is 27.0 Å². The normalized spacial score (nSPS) is 11.2. The fraction of sp³-hybridized carbons (Fsp3) is 0.235. The monoisotopic (exact) mass is 350 g/mol. The quantitative estimate of drug-likeness (QED) is 0.871. The summed E-state index contributed by atoms with van der Waals surface area (Å²) in [5.74, 6) is -0.713. The maximum atomic E-state index is 13.3. The Labute approximate surface area is 141 Å². The van der Waals surface area contributed by atoms with Gasteiger partial charge in [-0.1, -0.05) is 23.8 Å². The second-order valence-corrected chi connectivity index (χ2v) is 7.44. The van der Waals surface area contributed by atoms with Crippen molar-refractivity contribution in [2.45, 2.75) is 20.4 Å². The largest absolute Gasteiger partial charge is 0.348 e. The van der Waals surface area contributed by atoms with E-state index in [9.17, 15) is 17.6 Å². The predicted molar refractivity (Wildman–Crippen MR) is 92.0 cm³/mol. The highest BCUT2D eigenvalue weighted by Gasteiger charge is 2.14. The number of rotatable bonds is 5. The van der Waals surface area contributed by atoms with Crippen LogP contribution in [0.25, 0.3) is 0 Å². The summed E-state index contributed by atoms with van der Waals surface area (Å²) in [6, 6.07) is 9.47. The lowest BCUT2D eigenvalue weighted by molar-refractivity contribution is 0.0951. The molecule has 2 aromatic carbocycles. The molecular formula is C17H19FN2O3S. The van der Waals surface area contributed by atoms with E-state index in [2.05, 4.69) is 10.0 Å². The van der Waals surface area contributed by atoms with Gasteiger partial charge in [-0.05, 0) is 43.2 Å². The highest BCUT2D eigenvalue weighted by Crippen LogP contribution is 2.19. The van der Waals surface area contributed by atoms with Crippen molar-refractivity contribution in [3.05, 3.63) is 64.5 Å². The van der Waals surface area contributed by atoms with E-state index in [0.29, 0.717) is 5.56 Å². The number of amides is 1. The first-order valence-electron chi connectivity index (χ1n) is 7.27. The van der Waals surface area contributed by atoms with Crippen molar-refractivity contribution in [3.63, 3.8) is 0 Å². The van der Waals surface area contributed by atoms with Crippen LogP contribution in [-0.4, -0.2) is 20.6 Å². The third-order valence-corrected chi connectivity index (χ3v) is 3.98. The Morgan fingerprint density at radius 2 is 1.83 bits per heavy atom. The van der Waals surface area contributed by atoms with Crippen molar-refractivity contribution in [2.24, 2.45) is 0 Å². The van der Waals surface area contributed by atoms with Crippen molar-refractivity contribution < 1.29 is 17.6 Å². The van der Waals surface area contributed by atoms with Gasteiger partial charge < -0.3 is 5.32 Å². The summed E-state index contributed by atoms with van der Waals surface area (Å²) in [5, 5.41) is 2.72. The Morgan fingerprint density at radius 3 is 2.46 bits per heavy atom. The average molecular weight is 350 g/mol. The molecule has 2 N–H and O–H groups in total. The van der Waals surface area contributed by atoms with E-state index in [4.69, 9.17) is 0 Å². The standard InChI is InChI=1S/C17H19FN2O3S/c1-11-4-7-16(20-24(3,22)23)14(8-11)17(21)19-10-13-5-6-15(18)12(2)9-13/h4-9,20H,10H2,1-3H3,(H,19,21). The zero-order chi connectivity index (χ0) is 17.9. The second-order valence-electron chi connectivity index (χ2n) is 5.69. The maximum Gasteiger partial charge on any atom is 0.253 e. The molecule has 0 unspecified atom stereocenters. The molecule has 0 atom stereocenters. The topological polar surface area (TPSA) is 75.3 Å². The molecule has 0 aliphatic rings. The number of hydrogen-bond acceptors (Lipinski definition) is 3. The number of aryl methyl sites for hydroxylation is 2. The third-order valence-electron chi connectivity index (χ3n) is 3.39. The van der Waals surface area contributed by atoms with Crippen LogP contribution in [0.3, 0.4) is 0 Å². The number of nitrogens with one attached hydrogen (secondary N) is 2. The average Bonchev–Trinajstić information content (AvgIpc) is 2.48. The van der Waals surface area contributed by atoms with E-state index < -0.39 is 15.9 Å². The minimum Gasteiger partial charge on any atom is -0.348 e. The number of benzene rings is 2. The summed E-state index contributed by atoms with van der Waals surface area (Å²) in [5.41, 5.74) is 2.54. The smallest absolute Gasteiger partial charge is 0.253 e. The molecular weight excluding hydrogens is 331 g/mol. The number of carbonyl (C=O) groups is 1. The minimum absolute atomic E-state index is 0.214. The maximum absolute atomic E-state index is 13.3. The third kappa shape index (κ3) is 4.79. The van der Waals surface area contributed by atoms with Crippen molar-refractivity contribution in [1.29, 1.82) is 0 Å². The first-order chi connectivity index (χ1) is 11.2. The number of anilines is 1. The molecule has 0 aromatic heterocycles. The Morgan fingerprint density at radius 1 is 1.12 bits per heavy atom. The van der Waals surface area contributed by atoms with Gasteiger partial charge in [-0.2, -0.15) is 0 Å². The molecule has 24 heavy (non-hydrogen) atoms. The molecule has 0 aliphatic carbocycles. The molecule has 7 heteroatoms. The highest BCUT2D eigenvalue weighted by molar-refractivity contribution is 7.92. The minimum atomic E-state index is -3.50. The van der Waals surface area contributed by atoms with Crippen LogP contribution < -0.4 is 10.0 Å². The van der Waals surface area contributed by atoms with Gasteiger partial charge >= 0.3 is 0 Å². The van der Waals surface area contributed by atoms with Gasteiger partial charge in [0.25, 0.3) is 5.91 Å². The lowest BCUT2D eigenvalue weighted by Gasteiger charge is -2.12. The van der Waals surface area contributed by atoms with Crippen molar-refractivity contribution in [2.75, 3.05) is 11.0 Å². The van der Waals surface area contributed by atoms with Gasteiger partial charge in [-0.3, -0.25) is 9.52 Å². The van der Waals surface area contributed by atoms with E-state index in [1.54, 1.807) is 37.3 Å². The van der Waals surface area contributed by atoms with Crippen LogP contribution in [0, 0.1) is 19.7 Å². The summed E-state index contributed by atoms with van der Waals surface area (Å²) >= 11 is 0. The van der Waals surface area contributed by atoms with E-state index in [1.807, 2.05) is 6.92 Å². The summed E-state index contributed by atoms with van der Waals surface area (Å²) in [6.45, 7) is 3.67. The lowest BCUT2D eigenvalue weighted by atomic mass is 10.1. The zero-order valence-electron chi connectivity index (χ0n) is 13.7. The fourth-order valence-corrected chi connectivity index (χ4v) is 2.81. The Hall–Kier alpha value is -2.41. The first-order valence-corrected chi connectivity index (χ1v) is 9.16. The van der Waals surface area contributed by atoms with Gasteiger partial charge in [0.1, 0.15) is 5.82 Å². The molecule has 128 valence electrons. The van der Waals surface area contributed by atoms with Gasteiger partial charge in [-0.25, -0.2) is 12.8 Å². The van der Waals surface area contributed by atoms with Crippen molar-refractivity contribution in [1.82, 2.24) is 5.32 Å². The van der Waals surface area contributed by atoms with Gasteiger partial charge in [0.15, 0.2) is 0 Å². The second kappa shape index (κ2) is 7.00. The number of carbonyl (C=O) groups excluding carboxylic acids is 1. The highest BCUT2D eigenvalue weighted by atomic mass is 32.2. The van der Waals surface area contributed by atoms with Gasteiger partial charge in [0.2, 0.25) is 10.0 Å². The summed E-state index contributed by atoms with van der Waals surface area (Å²) in [4.78, 5) is 12.4. The summed E-state index contributed by atoms with van der Waals surface area (Å²) in [7, 11) is -3.50. The SMILES string of the molecule is Cc1ccc(NS(C)(=O)=O)c(C(=O)NCc2ccc(F)c(C)c2)c1. The summed E-state index contributed by atoms with van der Waals surface area (Å²) in [6.07, 6.45) is 1.02. The molecule has 0 fully saturated rings. The number of halogens is 1. The van der Waals surface area contributed by atoms with Crippen LogP contribution in [0.4, 0.5) is 10.1 Å². The Balaban J connectivity index is 2.19. The molecule has 1 amide bonds. The van der Waals surface area contributed by atoms with Crippen LogP contribution in [0.2, 0.25) is 0 Å². The Bertz CT molecular complexity index is 879. The fourth-order valence-electron chi connectivity index (χ4n) is 2.23. The van der Waals surface area contributed by atoms with E-state index in [1.165, 1.54) is 6.07 Å². The molecule has 0 aliphatic heterocycles.